The van der Waals surface area contributed by atoms with Crippen molar-refractivity contribution in [3.8, 4) is 5.75 Å². The lowest BCUT2D eigenvalue weighted by molar-refractivity contribution is -0.118. The normalized spacial score (nSPS) is 10.1. The van der Waals surface area contributed by atoms with Crippen molar-refractivity contribution in [3.63, 3.8) is 0 Å². The van der Waals surface area contributed by atoms with Gasteiger partial charge in [-0.3, -0.25) is 9.59 Å². The molecule has 3 rings (SSSR count). The molecule has 0 saturated heterocycles. The van der Waals surface area contributed by atoms with Crippen LogP contribution in [0.3, 0.4) is 0 Å². The number of ether oxygens (including phenoxy) is 1. The van der Waals surface area contributed by atoms with Crippen molar-refractivity contribution >= 4 is 23.2 Å². The number of hydrogen-bond acceptors (Lipinski definition) is 3. The highest BCUT2D eigenvalue weighted by Gasteiger charge is 2.13. The number of rotatable bonds is 6. The van der Waals surface area contributed by atoms with Crippen LogP contribution in [0.15, 0.2) is 78.9 Å². The topological polar surface area (TPSA) is 67.4 Å². The zero-order valence-corrected chi connectivity index (χ0v) is 14.9. The van der Waals surface area contributed by atoms with E-state index in [1.165, 1.54) is 0 Å². The Bertz CT molecular complexity index is 939. The van der Waals surface area contributed by atoms with Crippen LogP contribution in [0.2, 0.25) is 0 Å². The molecule has 0 aliphatic carbocycles. The molecule has 0 radical (unpaired) electrons. The molecule has 0 unspecified atom stereocenters. The molecule has 3 aromatic rings. The van der Waals surface area contributed by atoms with Crippen LogP contribution in [0.25, 0.3) is 0 Å². The predicted octanol–water partition coefficient (Wildman–Crippen LogP) is 4.26. The standard InChI is InChI=1S/C22H20N2O3/c1-16-8-7-11-18(14-16)27-15-21(25)24-20-13-6-5-12-19(20)22(26)23-17-9-3-2-4-10-17/h2-14H,15H2,1H3,(H,23,26)(H,24,25). The van der Waals surface area contributed by atoms with E-state index in [-0.39, 0.29) is 18.4 Å². The fourth-order valence-electron chi connectivity index (χ4n) is 2.55. The first kappa shape index (κ1) is 18.2. The number of carbonyl (C=O) groups is 2. The van der Waals surface area contributed by atoms with Crippen LogP contribution >= 0.6 is 0 Å². The van der Waals surface area contributed by atoms with Gasteiger partial charge in [0.15, 0.2) is 6.61 Å². The summed E-state index contributed by atoms with van der Waals surface area (Å²) in [6.07, 6.45) is 0. The van der Waals surface area contributed by atoms with Gasteiger partial charge in [-0.15, -0.1) is 0 Å². The summed E-state index contributed by atoms with van der Waals surface area (Å²) in [5.41, 5.74) is 2.55. The minimum atomic E-state index is -0.337. The fraction of sp³-hybridized carbons (Fsp3) is 0.0909. The molecule has 0 aromatic heterocycles. The summed E-state index contributed by atoms with van der Waals surface area (Å²) in [6, 6.07) is 23.5. The highest BCUT2D eigenvalue weighted by molar-refractivity contribution is 6.10. The summed E-state index contributed by atoms with van der Waals surface area (Å²) in [7, 11) is 0. The number of carbonyl (C=O) groups excluding carboxylic acids is 2. The van der Waals surface area contributed by atoms with Gasteiger partial charge in [-0.05, 0) is 48.9 Å². The van der Waals surface area contributed by atoms with Crippen molar-refractivity contribution in [3.05, 3.63) is 90.0 Å². The first-order chi connectivity index (χ1) is 13.1. The number of anilines is 2. The second kappa shape index (κ2) is 8.67. The molecule has 136 valence electrons. The highest BCUT2D eigenvalue weighted by Crippen LogP contribution is 2.18. The molecule has 3 aromatic carbocycles. The second-order valence-corrected chi connectivity index (χ2v) is 6.02. The summed E-state index contributed by atoms with van der Waals surface area (Å²) in [4.78, 5) is 24.8. The summed E-state index contributed by atoms with van der Waals surface area (Å²) >= 11 is 0. The minimum Gasteiger partial charge on any atom is -0.484 e. The van der Waals surface area contributed by atoms with Gasteiger partial charge in [-0.2, -0.15) is 0 Å². The molecule has 0 saturated carbocycles. The monoisotopic (exact) mass is 360 g/mol. The maximum absolute atomic E-state index is 12.5. The van der Waals surface area contributed by atoms with Crippen LogP contribution in [0.1, 0.15) is 15.9 Å². The average molecular weight is 360 g/mol. The van der Waals surface area contributed by atoms with E-state index in [9.17, 15) is 9.59 Å². The van der Waals surface area contributed by atoms with Gasteiger partial charge in [0.05, 0.1) is 11.3 Å². The van der Waals surface area contributed by atoms with Gasteiger partial charge in [-0.1, -0.05) is 42.5 Å². The van der Waals surface area contributed by atoms with Crippen molar-refractivity contribution < 1.29 is 14.3 Å². The second-order valence-electron chi connectivity index (χ2n) is 6.02. The molecule has 27 heavy (non-hydrogen) atoms. The molecule has 0 spiro atoms. The van der Waals surface area contributed by atoms with E-state index in [0.29, 0.717) is 22.7 Å². The first-order valence-corrected chi connectivity index (χ1v) is 8.56. The minimum absolute atomic E-state index is 0.141. The summed E-state index contributed by atoms with van der Waals surface area (Å²) in [5, 5.41) is 5.55. The van der Waals surface area contributed by atoms with Crippen LogP contribution < -0.4 is 15.4 Å². The van der Waals surface area contributed by atoms with Crippen molar-refractivity contribution in [2.24, 2.45) is 0 Å². The van der Waals surface area contributed by atoms with Crippen molar-refractivity contribution in [2.75, 3.05) is 17.2 Å². The Balaban J connectivity index is 1.64. The Hall–Kier alpha value is -3.60. The Kier molecular flexibility index (Phi) is 5.84. The lowest BCUT2D eigenvalue weighted by Crippen LogP contribution is -2.22. The Morgan fingerprint density at radius 3 is 2.37 bits per heavy atom. The van der Waals surface area contributed by atoms with Gasteiger partial charge in [0.1, 0.15) is 5.75 Å². The lowest BCUT2D eigenvalue weighted by atomic mass is 10.1. The van der Waals surface area contributed by atoms with Gasteiger partial charge in [0, 0.05) is 5.69 Å². The molecule has 5 heteroatoms. The van der Waals surface area contributed by atoms with E-state index in [1.54, 1.807) is 42.5 Å². The number of amides is 2. The van der Waals surface area contributed by atoms with Crippen molar-refractivity contribution in [2.45, 2.75) is 6.92 Å². The lowest BCUT2D eigenvalue weighted by Gasteiger charge is -2.12. The third-order valence-corrected chi connectivity index (χ3v) is 3.84. The number of nitrogens with one attached hydrogen (secondary N) is 2. The Labute approximate surface area is 158 Å². The molecule has 2 N–H and O–H groups in total. The van der Waals surface area contributed by atoms with Crippen LogP contribution in [0, 0.1) is 6.92 Å². The first-order valence-electron chi connectivity index (χ1n) is 8.56. The molecule has 0 fully saturated rings. The molecule has 0 heterocycles. The third kappa shape index (κ3) is 5.19. The van der Waals surface area contributed by atoms with Crippen molar-refractivity contribution in [1.29, 1.82) is 0 Å². The van der Waals surface area contributed by atoms with Gasteiger partial charge >= 0.3 is 0 Å². The van der Waals surface area contributed by atoms with Gasteiger partial charge in [-0.25, -0.2) is 0 Å². The number of para-hydroxylation sites is 2. The zero-order valence-electron chi connectivity index (χ0n) is 14.9. The van der Waals surface area contributed by atoms with E-state index in [1.807, 2.05) is 43.3 Å². The van der Waals surface area contributed by atoms with Crippen LogP contribution in [0.4, 0.5) is 11.4 Å². The zero-order chi connectivity index (χ0) is 19.1. The fourth-order valence-corrected chi connectivity index (χ4v) is 2.55. The van der Waals surface area contributed by atoms with E-state index in [0.717, 1.165) is 5.56 Å². The summed E-state index contributed by atoms with van der Waals surface area (Å²) in [5.74, 6) is -0.00609. The molecule has 0 bridgehead atoms. The SMILES string of the molecule is Cc1cccc(OCC(=O)Nc2ccccc2C(=O)Nc2ccccc2)c1. The molecule has 5 nitrogen and oxygen atoms in total. The molecule has 2 amide bonds. The van der Waals surface area contributed by atoms with Gasteiger partial charge < -0.3 is 15.4 Å². The van der Waals surface area contributed by atoms with E-state index < -0.39 is 0 Å². The number of aryl methyl sites for hydroxylation is 1. The van der Waals surface area contributed by atoms with Crippen LogP contribution in [0.5, 0.6) is 5.75 Å². The van der Waals surface area contributed by atoms with E-state index in [2.05, 4.69) is 10.6 Å². The van der Waals surface area contributed by atoms with E-state index >= 15 is 0 Å². The summed E-state index contributed by atoms with van der Waals surface area (Å²) < 4.78 is 5.50. The smallest absolute Gasteiger partial charge is 0.262 e. The Morgan fingerprint density at radius 1 is 0.852 bits per heavy atom. The predicted molar refractivity (Wildman–Crippen MR) is 106 cm³/mol. The average Bonchev–Trinajstić information content (AvgIpc) is 2.68. The van der Waals surface area contributed by atoms with E-state index in [4.69, 9.17) is 4.74 Å². The van der Waals surface area contributed by atoms with Gasteiger partial charge in [0.25, 0.3) is 11.8 Å². The highest BCUT2D eigenvalue weighted by atomic mass is 16.5. The quantitative estimate of drug-likeness (QED) is 0.690. The largest absolute Gasteiger partial charge is 0.484 e. The third-order valence-electron chi connectivity index (χ3n) is 3.84. The maximum atomic E-state index is 12.5. The number of hydrogen-bond donors (Lipinski definition) is 2. The van der Waals surface area contributed by atoms with Gasteiger partial charge in [0.2, 0.25) is 0 Å². The molecule has 0 atom stereocenters. The summed E-state index contributed by atoms with van der Waals surface area (Å²) in [6.45, 7) is 1.81. The molecular weight excluding hydrogens is 340 g/mol. The molecular formula is C22H20N2O3. The molecule has 0 aliphatic heterocycles. The van der Waals surface area contributed by atoms with Crippen LogP contribution in [-0.4, -0.2) is 18.4 Å². The van der Waals surface area contributed by atoms with Crippen molar-refractivity contribution in [1.82, 2.24) is 0 Å². The molecule has 0 aliphatic rings. The maximum Gasteiger partial charge on any atom is 0.262 e. The van der Waals surface area contributed by atoms with Crippen LogP contribution in [-0.2, 0) is 4.79 Å². The number of benzene rings is 3. The Morgan fingerprint density at radius 2 is 1.59 bits per heavy atom.